The lowest BCUT2D eigenvalue weighted by molar-refractivity contribution is 0.929. The fraction of sp³-hybridized carbons (Fsp3) is 0.167. The summed E-state index contributed by atoms with van der Waals surface area (Å²) in [7, 11) is 1.78. The molecule has 0 saturated carbocycles. The van der Waals surface area contributed by atoms with Crippen LogP contribution in [0, 0.1) is 0 Å². The van der Waals surface area contributed by atoms with Crippen molar-refractivity contribution in [2.24, 2.45) is 7.05 Å². The molecule has 0 aromatic carbocycles. The van der Waals surface area contributed by atoms with Gasteiger partial charge in [-0.1, -0.05) is 0 Å². The van der Waals surface area contributed by atoms with E-state index in [9.17, 15) is 4.79 Å². The zero-order valence-electron chi connectivity index (χ0n) is 6.71. The van der Waals surface area contributed by atoms with Gasteiger partial charge in [-0.15, -0.1) is 0 Å². The summed E-state index contributed by atoms with van der Waals surface area (Å²) in [5.41, 5.74) is 0.632. The van der Waals surface area contributed by atoms with Gasteiger partial charge in [-0.2, -0.15) is 4.98 Å². The van der Waals surface area contributed by atoms with Gasteiger partial charge in [-0.25, -0.2) is 4.98 Å². The molecule has 0 aliphatic carbocycles. The summed E-state index contributed by atoms with van der Waals surface area (Å²) in [5, 5.41) is 0. The van der Waals surface area contributed by atoms with E-state index in [2.05, 4.69) is 35.4 Å². The van der Waals surface area contributed by atoms with Crippen LogP contribution < -0.4 is 9.90 Å². The molecule has 2 N–H and O–H groups in total. The third-order valence-electron chi connectivity index (χ3n) is 1.66. The maximum Gasteiger partial charge on any atom is 0.280 e. The molecule has 6 nitrogen and oxygen atoms in total. The van der Waals surface area contributed by atoms with Crippen molar-refractivity contribution in [2.75, 3.05) is 4.34 Å². The Kier molecular flexibility index (Phi) is 1.80. The van der Waals surface area contributed by atoms with Gasteiger partial charge in [0.1, 0.15) is 0 Å². The number of hydrogen-bond acceptors (Lipinski definition) is 4. The molecule has 68 valence electrons. The molecule has 2 heterocycles. The molecule has 0 atom stereocenters. The number of imidazole rings is 1. The van der Waals surface area contributed by atoms with Gasteiger partial charge in [-0.05, 0) is 0 Å². The first-order chi connectivity index (χ1) is 6.22. The maximum absolute atomic E-state index is 11.3. The van der Waals surface area contributed by atoms with Crippen LogP contribution in [0.25, 0.3) is 11.2 Å². The van der Waals surface area contributed by atoms with E-state index in [0.29, 0.717) is 17.1 Å². The van der Waals surface area contributed by atoms with Gasteiger partial charge in [0.2, 0.25) is 5.95 Å². The van der Waals surface area contributed by atoms with Crippen molar-refractivity contribution in [3.05, 3.63) is 16.7 Å². The average Bonchev–Trinajstić information content (AvgIpc) is 2.48. The van der Waals surface area contributed by atoms with Crippen molar-refractivity contribution in [3.8, 4) is 0 Å². The highest BCUT2D eigenvalue weighted by molar-refractivity contribution is 9.10. The summed E-state index contributed by atoms with van der Waals surface area (Å²) in [4.78, 5) is 21.9. The van der Waals surface area contributed by atoms with Crippen LogP contribution >= 0.6 is 16.1 Å². The fourth-order valence-electron chi connectivity index (χ4n) is 1.06. The van der Waals surface area contributed by atoms with E-state index in [1.54, 1.807) is 17.9 Å². The molecule has 0 amide bonds. The number of aromatic amines is 1. The van der Waals surface area contributed by atoms with Crippen molar-refractivity contribution >= 4 is 33.3 Å². The van der Waals surface area contributed by atoms with Crippen molar-refractivity contribution < 1.29 is 0 Å². The van der Waals surface area contributed by atoms with Gasteiger partial charge in [0.25, 0.3) is 5.56 Å². The van der Waals surface area contributed by atoms with Crippen LogP contribution in [-0.2, 0) is 7.05 Å². The van der Waals surface area contributed by atoms with Gasteiger partial charge in [-0.3, -0.25) is 14.1 Å². The summed E-state index contributed by atoms with van der Waals surface area (Å²) >= 11 is 2.98. The molecule has 2 aromatic heterocycles. The molecule has 2 aromatic rings. The molecule has 0 unspecified atom stereocenters. The lowest BCUT2D eigenvalue weighted by Gasteiger charge is -1.97. The Morgan fingerprint density at radius 3 is 3.15 bits per heavy atom. The highest BCUT2D eigenvalue weighted by atomic mass is 79.9. The number of nitrogens with one attached hydrogen (secondary N) is 2. The van der Waals surface area contributed by atoms with E-state index in [4.69, 9.17) is 0 Å². The molecular formula is C6H6BrN5O. The number of aryl methyl sites for hydroxylation is 1. The van der Waals surface area contributed by atoms with Crippen molar-refractivity contribution in [1.29, 1.82) is 0 Å². The first kappa shape index (κ1) is 8.24. The first-order valence-corrected chi connectivity index (χ1v) is 4.29. The molecule has 13 heavy (non-hydrogen) atoms. The monoisotopic (exact) mass is 243 g/mol. The van der Waals surface area contributed by atoms with Crippen LogP contribution in [0.4, 0.5) is 5.95 Å². The molecule has 0 aliphatic rings. The van der Waals surface area contributed by atoms with Gasteiger partial charge in [0.05, 0.1) is 6.33 Å². The number of fused-ring (bicyclic) bond motifs is 1. The van der Waals surface area contributed by atoms with Gasteiger partial charge >= 0.3 is 0 Å². The number of rotatable bonds is 1. The number of nitrogens with zero attached hydrogens (tertiary/aromatic N) is 3. The van der Waals surface area contributed by atoms with E-state index in [-0.39, 0.29) is 5.56 Å². The van der Waals surface area contributed by atoms with Gasteiger partial charge in [0.15, 0.2) is 11.2 Å². The normalized spacial score (nSPS) is 10.6. The minimum Gasteiger partial charge on any atom is -0.318 e. The maximum atomic E-state index is 11.3. The van der Waals surface area contributed by atoms with Crippen LogP contribution in [0.1, 0.15) is 0 Å². The highest BCUT2D eigenvalue weighted by Crippen LogP contribution is 2.06. The lowest BCUT2D eigenvalue weighted by atomic mass is 10.5. The molecule has 0 fully saturated rings. The molecule has 0 saturated heterocycles. The molecular weight excluding hydrogens is 238 g/mol. The molecule has 0 bridgehead atoms. The number of H-pyrrole nitrogens is 1. The quantitative estimate of drug-likeness (QED) is 0.711. The molecule has 0 aliphatic heterocycles. The Balaban J connectivity index is 2.88. The SMILES string of the molecule is Cn1cnc2c(=O)[nH]c(NBr)nc21. The molecule has 0 spiro atoms. The lowest BCUT2D eigenvalue weighted by Crippen LogP contribution is -2.10. The van der Waals surface area contributed by atoms with Crippen LogP contribution in [0.3, 0.4) is 0 Å². The predicted octanol–water partition coefficient (Wildman–Crippen LogP) is 0.378. The van der Waals surface area contributed by atoms with E-state index < -0.39 is 0 Å². The zero-order chi connectivity index (χ0) is 9.42. The second-order valence-electron chi connectivity index (χ2n) is 2.54. The smallest absolute Gasteiger partial charge is 0.280 e. The number of halogens is 1. The first-order valence-electron chi connectivity index (χ1n) is 3.50. The molecule has 0 radical (unpaired) electrons. The topological polar surface area (TPSA) is 75.6 Å². The van der Waals surface area contributed by atoms with Gasteiger partial charge in [0, 0.05) is 23.2 Å². The minimum absolute atomic E-state index is 0.257. The third-order valence-corrected chi connectivity index (χ3v) is 2.04. The second kappa shape index (κ2) is 2.84. The Morgan fingerprint density at radius 1 is 1.69 bits per heavy atom. The van der Waals surface area contributed by atoms with Crippen molar-refractivity contribution in [1.82, 2.24) is 19.5 Å². The summed E-state index contributed by atoms with van der Waals surface area (Å²) in [6.45, 7) is 0. The van der Waals surface area contributed by atoms with Crippen LogP contribution in [0.5, 0.6) is 0 Å². The Hall–Kier alpha value is -1.37. The van der Waals surface area contributed by atoms with E-state index in [1.165, 1.54) is 0 Å². The Morgan fingerprint density at radius 2 is 2.46 bits per heavy atom. The summed E-state index contributed by atoms with van der Waals surface area (Å²) in [6.07, 6.45) is 1.55. The molecule has 7 heteroatoms. The summed E-state index contributed by atoms with van der Waals surface area (Å²) in [5.74, 6) is 0.362. The fourth-order valence-corrected chi connectivity index (χ4v) is 1.25. The van der Waals surface area contributed by atoms with E-state index in [0.717, 1.165) is 0 Å². The summed E-state index contributed by atoms with van der Waals surface area (Å²) < 4.78 is 4.26. The Bertz CT molecular complexity index is 501. The standard InChI is InChI=1S/C6H6BrN5O/c1-12-2-8-3-4(12)9-6(11-7)10-5(3)13/h2H,1H3,(H2,9,10,11,13). The average molecular weight is 244 g/mol. The van der Waals surface area contributed by atoms with E-state index >= 15 is 0 Å². The Labute approximate surface area is 81.3 Å². The van der Waals surface area contributed by atoms with Gasteiger partial charge < -0.3 is 4.57 Å². The van der Waals surface area contributed by atoms with Crippen molar-refractivity contribution in [2.45, 2.75) is 0 Å². The molecule has 2 rings (SSSR count). The number of aromatic nitrogens is 4. The third kappa shape index (κ3) is 1.21. The van der Waals surface area contributed by atoms with E-state index in [1.807, 2.05) is 0 Å². The summed E-state index contributed by atoms with van der Waals surface area (Å²) in [6, 6.07) is 0. The zero-order valence-corrected chi connectivity index (χ0v) is 8.29. The van der Waals surface area contributed by atoms with Crippen LogP contribution in [0.15, 0.2) is 11.1 Å². The predicted molar refractivity (Wildman–Crippen MR) is 51.7 cm³/mol. The van der Waals surface area contributed by atoms with Crippen LogP contribution in [0.2, 0.25) is 0 Å². The largest absolute Gasteiger partial charge is 0.318 e. The number of anilines is 1. The number of hydrogen-bond donors (Lipinski definition) is 2. The van der Waals surface area contributed by atoms with Crippen molar-refractivity contribution in [3.63, 3.8) is 0 Å². The second-order valence-corrected chi connectivity index (χ2v) is 2.93. The minimum atomic E-state index is -0.257. The highest BCUT2D eigenvalue weighted by Gasteiger charge is 2.06. The van der Waals surface area contributed by atoms with Crippen LogP contribution in [-0.4, -0.2) is 19.5 Å².